The molecule has 0 aliphatic heterocycles. The van der Waals surface area contributed by atoms with Gasteiger partial charge < -0.3 is 5.11 Å². The maximum atomic E-state index is 10.8. The van der Waals surface area contributed by atoms with Crippen LogP contribution in [0.2, 0.25) is 0 Å². The predicted octanol–water partition coefficient (Wildman–Crippen LogP) is 2.53. The lowest BCUT2D eigenvalue weighted by molar-refractivity contribution is 0.0693. The molecule has 0 aromatic carbocycles. The summed E-state index contributed by atoms with van der Waals surface area (Å²) in [6, 6.07) is 1.53. The Morgan fingerprint density at radius 2 is 2.36 bits per heavy atom. The van der Waals surface area contributed by atoms with Gasteiger partial charge in [-0.2, -0.15) is 0 Å². The van der Waals surface area contributed by atoms with E-state index in [1.807, 2.05) is 0 Å². The van der Waals surface area contributed by atoms with Crippen molar-refractivity contribution in [1.82, 2.24) is 4.98 Å². The van der Waals surface area contributed by atoms with Crippen LogP contribution in [0.4, 0.5) is 0 Å². The van der Waals surface area contributed by atoms with Crippen LogP contribution in [0, 0.1) is 5.92 Å². The number of aromatic nitrogens is 1. The standard InChI is InChI=1S/C10H13NO2S/c1-7(2)6-14-9-5-11-4-3-8(9)10(12)13/h3-5,7H,6H2,1-2H3,(H,12,13). The molecule has 0 atom stereocenters. The Morgan fingerprint density at radius 1 is 1.64 bits per heavy atom. The fourth-order valence-electron chi connectivity index (χ4n) is 0.928. The molecule has 0 aliphatic rings. The van der Waals surface area contributed by atoms with Gasteiger partial charge >= 0.3 is 5.97 Å². The molecule has 3 nitrogen and oxygen atoms in total. The lowest BCUT2D eigenvalue weighted by Crippen LogP contribution is -2.00. The van der Waals surface area contributed by atoms with Crippen molar-refractivity contribution in [3.05, 3.63) is 24.0 Å². The van der Waals surface area contributed by atoms with E-state index < -0.39 is 5.97 Å². The Hall–Kier alpha value is -1.03. The highest BCUT2D eigenvalue weighted by Crippen LogP contribution is 2.23. The zero-order valence-corrected chi connectivity index (χ0v) is 9.04. The summed E-state index contributed by atoms with van der Waals surface area (Å²) in [4.78, 5) is 15.5. The molecular weight excluding hydrogens is 198 g/mol. The van der Waals surface area contributed by atoms with E-state index in [2.05, 4.69) is 18.8 Å². The van der Waals surface area contributed by atoms with Crippen molar-refractivity contribution in [2.24, 2.45) is 5.92 Å². The third-order valence-electron chi connectivity index (χ3n) is 1.59. The van der Waals surface area contributed by atoms with Crippen LogP contribution in [0.1, 0.15) is 24.2 Å². The maximum absolute atomic E-state index is 10.8. The number of carbonyl (C=O) groups is 1. The summed E-state index contributed by atoms with van der Waals surface area (Å²) in [5.74, 6) is 0.562. The van der Waals surface area contributed by atoms with E-state index in [0.717, 1.165) is 10.6 Å². The van der Waals surface area contributed by atoms with Crippen LogP contribution in [-0.4, -0.2) is 21.8 Å². The van der Waals surface area contributed by atoms with Gasteiger partial charge in [0.2, 0.25) is 0 Å². The second kappa shape index (κ2) is 5.00. The molecule has 0 unspecified atom stereocenters. The first-order valence-electron chi connectivity index (χ1n) is 4.41. The molecule has 0 saturated heterocycles. The number of carboxylic acid groups (broad SMARTS) is 1. The molecule has 0 amide bonds. The quantitative estimate of drug-likeness (QED) is 0.777. The minimum atomic E-state index is -0.890. The summed E-state index contributed by atoms with van der Waals surface area (Å²) in [5, 5.41) is 8.89. The number of carboxylic acids is 1. The molecule has 0 radical (unpaired) electrons. The molecule has 1 heterocycles. The van der Waals surface area contributed by atoms with Crippen molar-refractivity contribution in [3.8, 4) is 0 Å². The lowest BCUT2D eigenvalue weighted by Gasteiger charge is -2.06. The zero-order valence-electron chi connectivity index (χ0n) is 8.23. The zero-order chi connectivity index (χ0) is 10.6. The summed E-state index contributed by atoms with van der Waals surface area (Å²) >= 11 is 1.54. The van der Waals surface area contributed by atoms with Gasteiger partial charge in [0.15, 0.2) is 0 Å². The topological polar surface area (TPSA) is 50.2 Å². The van der Waals surface area contributed by atoms with Crippen LogP contribution < -0.4 is 0 Å². The monoisotopic (exact) mass is 211 g/mol. The third-order valence-corrected chi connectivity index (χ3v) is 3.06. The Labute approximate surface area is 87.6 Å². The van der Waals surface area contributed by atoms with Gasteiger partial charge in [0.25, 0.3) is 0 Å². The minimum Gasteiger partial charge on any atom is -0.478 e. The lowest BCUT2D eigenvalue weighted by atomic mass is 10.3. The average molecular weight is 211 g/mol. The van der Waals surface area contributed by atoms with Gasteiger partial charge in [-0.3, -0.25) is 4.98 Å². The van der Waals surface area contributed by atoms with E-state index in [1.54, 1.807) is 18.0 Å². The van der Waals surface area contributed by atoms with Crippen LogP contribution in [0.5, 0.6) is 0 Å². The number of pyridine rings is 1. The van der Waals surface area contributed by atoms with E-state index >= 15 is 0 Å². The Bertz CT molecular complexity index is 326. The van der Waals surface area contributed by atoms with Crippen LogP contribution in [0.3, 0.4) is 0 Å². The predicted molar refractivity (Wildman–Crippen MR) is 56.8 cm³/mol. The summed E-state index contributed by atoms with van der Waals surface area (Å²) in [5.41, 5.74) is 0.339. The SMILES string of the molecule is CC(C)CSc1cnccc1C(=O)O. The highest BCUT2D eigenvalue weighted by atomic mass is 32.2. The maximum Gasteiger partial charge on any atom is 0.336 e. The van der Waals surface area contributed by atoms with E-state index in [1.165, 1.54) is 12.3 Å². The van der Waals surface area contributed by atoms with E-state index in [9.17, 15) is 4.79 Å². The summed E-state index contributed by atoms with van der Waals surface area (Å²) < 4.78 is 0. The first kappa shape index (κ1) is 11.0. The van der Waals surface area contributed by atoms with Crippen molar-refractivity contribution >= 4 is 17.7 Å². The van der Waals surface area contributed by atoms with Crippen LogP contribution in [0.25, 0.3) is 0 Å². The van der Waals surface area contributed by atoms with Crippen molar-refractivity contribution < 1.29 is 9.90 Å². The average Bonchev–Trinajstić information content (AvgIpc) is 2.15. The molecule has 76 valence electrons. The number of nitrogens with zero attached hydrogens (tertiary/aromatic N) is 1. The number of thioether (sulfide) groups is 1. The molecule has 0 saturated carbocycles. The highest BCUT2D eigenvalue weighted by molar-refractivity contribution is 7.99. The third kappa shape index (κ3) is 3.03. The normalized spacial score (nSPS) is 10.5. The summed E-state index contributed by atoms with van der Waals surface area (Å²) in [6.45, 7) is 4.20. The highest BCUT2D eigenvalue weighted by Gasteiger charge is 2.10. The summed E-state index contributed by atoms with van der Waals surface area (Å²) in [7, 11) is 0. The molecule has 4 heteroatoms. The van der Waals surface area contributed by atoms with Crippen molar-refractivity contribution in [2.45, 2.75) is 18.7 Å². The summed E-state index contributed by atoms with van der Waals surface area (Å²) in [6.07, 6.45) is 3.11. The van der Waals surface area contributed by atoms with Crippen LogP contribution >= 0.6 is 11.8 Å². The van der Waals surface area contributed by atoms with Crippen LogP contribution in [0.15, 0.2) is 23.4 Å². The van der Waals surface area contributed by atoms with Crippen molar-refractivity contribution in [2.75, 3.05) is 5.75 Å². The number of rotatable bonds is 4. The molecule has 1 aromatic rings. The molecule has 0 aliphatic carbocycles. The van der Waals surface area contributed by atoms with Gasteiger partial charge in [-0.25, -0.2) is 4.79 Å². The van der Waals surface area contributed by atoms with Crippen molar-refractivity contribution in [1.29, 1.82) is 0 Å². The minimum absolute atomic E-state index is 0.339. The molecule has 0 bridgehead atoms. The fourth-order valence-corrected chi connectivity index (χ4v) is 1.89. The smallest absolute Gasteiger partial charge is 0.336 e. The van der Waals surface area contributed by atoms with Gasteiger partial charge in [-0.1, -0.05) is 13.8 Å². The largest absolute Gasteiger partial charge is 0.478 e. The number of aromatic carboxylic acids is 1. The molecule has 14 heavy (non-hydrogen) atoms. The van der Waals surface area contributed by atoms with Gasteiger partial charge in [0, 0.05) is 23.0 Å². The van der Waals surface area contributed by atoms with Crippen molar-refractivity contribution in [3.63, 3.8) is 0 Å². The van der Waals surface area contributed by atoms with Gasteiger partial charge in [0.05, 0.1) is 5.56 Å². The first-order chi connectivity index (χ1) is 6.61. The van der Waals surface area contributed by atoms with Crippen LogP contribution in [-0.2, 0) is 0 Å². The number of hydrogen-bond acceptors (Lipinski definition) is 3. The second-order valence-corrected chi connectivity index (χ2v) is 4.44. The molecule has 0 spiro atoms. The molecule has 1 aromatic heterocycles. The van der Waals surface area contributed by atoms with E-state index in [4.69, 9.17) is 5.11 Å². The van der Waals surface area contributed by atoms with E-state index in [0.29, 0.717) is 11.5 Å². The van der Waals surface area contributed by atoms with Gasteiger partial charge in [-0.05, 0) is 12.0 Å². The molecular formula is C10H13NO2S. The fraction of sp³-hybridized carbons (Fsp3) is 0.400. The molecule has 1 rings (SSSR count). The second-order valence-electron chi connectivity index (χ2n) is 3.38. The Balaban J connectivity index is 2.79. The first-order valence-corrected chi connectivity index (χ1v) is 5.40. The van der Waals surface area contributed by atoms with Gasteiger partial charge in [-0.15, -0.1) is 11.8 Å². The number of hydrogen-bond donors (Lipinski definition) is 1. The molecule has 0 fully saturated rings. The molecule has 1 N–H and O–H groups in total. The Morgan fingerprint density at radius 3 is 2.93 bits per heavy atom. The van der Waals surface area contributed by atoms with E-state index in [-0.39, 0.29) is 0 Å². The van der Waals surface area contributed by atoms with Gasteiger partial charge in [0.1, 0.15) is 0 Å². The Kier molecular flexibility index (Phi) is 3.95.